The van der Waals surface area contributed by atoms with Gasteiger partial charge in [0.15, 0.2) is 12.1 Å². The van der Waals surface area contributed by atoms with Gasteiger partial charge in [0.1, 0.15) is 5.75 Å². The number of aliphatic hydroxyl groups is 1. The number of aromatic nitrogens is 1. The van der Waals surface area contributed by atoms with E-state index in [1.165, 1.54) is 0 Å². The largest absolute Gasteiger partial charge is 0.464 e. The zero-order chi connectivity index (χ0) is 18.3. The number of hydrogen-bond acceptors (Lipinski definition) is 5. The molecular formula is C20H28N2O3. The molecule has 0 aliphatic heterocycles. The minimum absolute atomic E-state index is 0.0226. The van der Waals surface area contributed by atoms with E-state index in [2.05, 4.69) is 31.2 Å². The molecule has 2 aromatic rings. The maximum absolute atomic E-state index is 10.1. The van der Waals surface area contributed by atoms with Crippen LogP contribution in [0.2, 0.25) is 0 Å². The van der Waals surface area contributed by atoms with Gasteiger partial charge < -0.3 is 19.7 Å². The molecule has 5 heteroatoms. The monoisotopic (exact) mass is 344 g/mol. The number of benzene rings is 1. The predicted octanol–water partition coefficient (Wildman–Crippen LogP) is 3.88. The molecule has 2 N–H and O–H groups in total. The smallest absolute Gasteiger partial charge is 0.198 e. The highest BCUT2D eigenvalue weighted by atomic mass is 16.6. The van der Waals surface area contributed by atoms with Gasteiger partial charge in [0, 0.05) is 30.1 Å². The van der Waals surface area contributed by atoms with Crippen LogP contribution in [0.25, 0.3) is 12.2 Å². The Morgan fingerprint density at radius 3 is 2.72 bits per heavy atom. The first kappa shape index (κ1) is 19.2. The van der Waals surface area contributed by atoms with Crippen molar-refractivity contribution >= 4 is 12.2 Å². The maximum Gasteiger partial charge on any atom is 0.198 e. The highest BCUT2D eigenvalue weighted by Gasteiger charge is 2.12. The summed E-state index contributed by atoms with van der Waals surface area (Å²) in [5, 5.41) is 17.4. The van der Waals surface area contributed by atoms with E-state index in [9.17, 15) is 5.11 Å². The molecule has 1 aromatic heterocycles. The Kier molecular flexibility index (Phi) is 6.79. The second-order valence-electron chi connectivity index (χ2n) is 6.98. The number of ether oxygens (including phenoxy) is 1. The third-order valence-corrected chi connectivity index (χ3v) is 3.60. The van der Waals surface area contributed by atoms with E-state index in [0.29, 0.717) is 24.5 Å². The predicted molar refractivity (Wildman–Crippen MR) is 100 cm³/mol. The van der Waals surface area contributed by atoms with Crippen LogP contribution in [-0.2, 0) is 6.42 Å². The number of hydrogen-bond donors (Lipinski definition) is 2. The average Bonchev–Trinajstić information content (AvgIpc) is 3.01. The summed E-state index contributed by atoms with van der Waals surface area (Å²) in [5.41, 5.74) is 1.82. The summed E-state index contributed by atoms with van der Waals surface area (Å²) in [7, 11) is 0. The SMILES string of the molecule is CCc1cc(C=Cc2ccccc2OC(O)CCNC(C)(C)C)on1. The molecule has 0 saturated carbocycles. The number of nitrogens with one attached hydrogen (secondary N) is 1. The van der Waals surface area contributed by atoms with E-state index in [4.69, 9.17) is 9.26 Å². The van der Waals surface area contributed by atoms with Gasteiger partial charge in [-0.05, 0) is 45.4 Å². The number of para-hydroxylation sites is 1. The molecule has 0 aliphatic rings. The molecule has 1 atom stereocenters. The fraction of sp³-hybridized carbons (Fsp3) is 0.450. The summed E-state index contributed by atoms with van der Waals surface area (Å²) in [5.74, 6) is 1.33. The van der Waals surface area contributed by atoms with E-state index in [-0.39, 0.29) is 5.54 Å². The Labute approximate surface area is 149 Å². The van der Waals surface area contributed by atoms with Crippen molar-refractivity contribution in [2.75, 3.05) is 6.54 Å². The molecule has 0 aliphatic carbocycles. The molecule has 0 bridgehead atoms. The second-order valence-corrected chi connectivity index (χ2v) is 6.98. The number of nitrogens with zero attached hydrogens (tertiary/aromatic N) is 1. The minimum atomic E-state index is -0.860. The standard InChI is InChI=1S/C20H28N2O3/c1-5-16-14-17(25-22-16)11-10-15-8-6-7-9-18(15)24-19(23)12-13-21-20(2,3)4/h6-11,14,19,21,23H,5,12-13H2,1-4H3. The fourth-order valence-electron chi connectivity index (χ4n) is 2.25. The van der Waals surface area contributed by atoms with E-state index >= 15 is 0 Å². The molecule has 0 radical (unpaired) electrons. The Morgan fingerprint density at radius 2 is 2.04 bits per heavy atom. The third kappa shape index (κ3) is 6.72. The van der Waals surface area contributed by atoms with Crippen LogP contribution in [0.4, 0.5) is 0 Å². The molecule has 0 saturated heterocycles. The molecule has 1 unspecified atom stereocenters. The first-order valence-electron chi connectivity index (χ1n) is 8.70. The molecule has 136 valence electrons. The molecule has 2 rings (SSSR count). The third-order valence-electron chi connectivity index (χ3n) is 3.60. The van der Waals surface area contributed by atoms with Gasteiger partial charge in [-0.3, -0.25) is 0 Å². The average molecular weight is 344 g/mol. The lowest BCUT2D eigenvalue weighted by Crippen LogP contribution is -2.38. The van der Waals surface area contributed by atoms with Crippen LogP contribution in [0.15, 0.2) is 34.9 Å². The molecule has 25 heavy (non-hydrogen) atoms. The Morgan fingerprint density at radius 1 is 1.28 bits per heavy atom. The molecule has 5 nitrogen and oxygen atoms in total. The van der Waals surface area contributed by atoms with Gasteiger partial charge in [-0.25, -0.2) is 0 Å². The summed E-state index contributed by atoms with van der Waals surface area (Å²) in [6.45, 7) is 8.99. The molecule has 0 spiro atoms. The van der Waals surface area contributed by atoms with Gasteiger partial charge in [-0.1, -0.05) is 30.3 Å². The van der Waals surface area contributed by atoms with Gasteiger partial charge in [-0.15, -0.1) is 0 Å². The Bertz CT molecular complexity index is 686. The summed E-state index contributed by atoms with van der Waals surface area (Å²) >= 11 is 0. The van der Waals surface area contributed by atoms with Crippen LogP contribution in [0, 0.1) is 0 Å². The van der Waals surface area contributed by atoms with E-state index < -0.39 is 6.29 Å². The second kappa shape index (κ2) is 8.83. The fourth-order valence-corrected chi connectivity index (χ4v) is 2.25. The van der Waals surface area contributed by atoms with Crippen LogP contribution in [0.5, 0.6) is 5.75 Å². The van der Waals surface area contributed by atoms with Gasteiger partial charge in [-0.2, -0.15) is 0 Å². The summed E-state index contributed by atoms with van der Waals surface area (Å²) in [4.78, 5) is 0. The van der Waals surface area contributed by atoms with Crippen LogP contribution < -0.4 is 10.1 Å². The molecule has 0 fully saturated rings. The summed E-state index contributed by atoms with van der Waals surface area (Å²) < 4.78 is 10.9. The first-order chi connectivity index (χ1) is 11.9. The van der Waals surface area contributed by atoms with Crippen LogP contribution in [0.3, 0.4) is 0 Å². The van der Waals surface area contributed by atoms with Gasteiger partial charge >= 0.3 is 0 Å². The van der Waals surface area contributed by atoms with Crippen molar-refractivity contribution in [3.05, 3.63) is 47.3 Å². The zero-order valence-electron chi connectivity index (χ0n) is 15.5. The summed E-state index contributed by atoms with van der Waals surface area (Å²) in [6, 6.07) is 9.50. The van der Waals surface area contributed by atoms with Gasteiger partial charge in [0.2, 0.25) is 0 Å². The van der Waals surface area contributed by atoms with Crippen LogP contribution >= 0.6 is 0 Å². The molecule has 0 amide bonds. The van der Waals surface area contributed by atoms with Gasteiger partial charge in [0.05, 0.1) is 5.69 Å². The van der Waals surface area contributed by atoms with Crippen molar-refractivity contribution < 1.29 is 14.4 Å². The quantitative estimate of drug-likeness (QED) is 0.711. The van der Waals surface area contributed by atoms with Crippen molar-refractivity contribution in [2.45, 2.75) is 52.4 Å². The van der Waals surface area contributed by atoms with E-state index in [1.54, 1.807) is 0 Å². The van der Waals surface area contributed by atoms with Crippen LogP contribution in [0.1, 0.15) is 51.1 Å². The van der Waals surface area contributed by atoms with Crippen LogP contribution in [-0.4, -0.2) is 28.6 Å². The van der Waals surface area contributed by atoms with E-state index in [1.807, 2.05) is 49.4 Å². The highest BCUT2D eigenvalue weighted by Crippen LogP contribution is 2.22. The van der Waals surface area contributed by atoms with Crippen molar-refractivity contribution in [2.24, 2.45) is 0 Å². The number of rotatable bonds is 8. The first-order valence-corrected chi connectivity index (χ1v) is 8.70. The lowest BCUT2D eigenvalue weighted by Gasteiger charge is -2.22. The number of aliphatic hydroxyl groups excluding tert-OH is 1. The van der Waals surface area contributed by atoms with Crippen molar-refractivity contribution in [1.29, 1.82) is 0 Å². The Hall–Kier alpha value is -2.11. The molecule has 1 heterocycles. The summed E-state index contributed by atoms with van der Waals surface area (Å²) in [6.07, 6.45) is 4.24. The van der Waals surface area contributed by atoms with Crippen molar-refractivity contribution in [3.63, 3.8) is 0 Å². The lowest BCUT2D eigenvalue weighted by molar-refractivity contribution is -0.0233. The van der Waals surface area contributed by atoms with Gasteiger partial charge in [0.25, 0.3) is 0 Å². The molecular weight excluding hydrogens is 316 g/mol. The lowest BCUT2D eigenvalue weighted by atomic mass is 10.1. The topological polar surface area (TPSA) is 67.5 Å². The minimum Gasteiger partial charge on any atom is -0.464 e. The molecule has 1 aromatic carbocycles. The highest BCUT2D eigenvalue weighted by molar-refractivity contribution is 5.70. The van der Waals surface area contributed by atoms with E-state index in [0.717, 1.165) is 17.7 Å². The van der Waals surface area contributed by atoms with Crippen molar-refractivity contribution in [1.82, 2.24) is 10.5 Å². The number of aryl methyl sites for hydroxylation is 1. The zero-order valence-corrected chi connectivity index (χ0v) is 15.5. The maximum atomic E-state index is 10.1. The Balaban J connectivity index is 1.97. The normalized spacial score (nSPS) is 13.3. The van der Waals surface area contributed by atoms with Crippen molar-refractivity contribution in [3.8, 4) is 5.75 Å².